The van der Waals surface area contributed by atoms with E-state index in [1.54, 1.807) is 7.11 Å². The zero-order valence-electron chi connectivity index (χ0n) is 19.8. The van der Waals surface area contributed by atoms with Gasteiger partial charge in [-0.05, 0) is 90.8 Å². The molecule has 1 heterocycles. The molecular formula is C24H43N5O. The van der Waals surface area contributed by atoms with Gasteiger partial charge in [0.05, 0.1) is 19.7 Å². The quantitative estimate of drug-likeness (QED) is 0.310. The molecule has 1 unspecified atom stereocenters. The molecule has 0 amide bonds. The van der Waals surface area contributed by atoms with Crippen LogP contribution in [0.5, 0.6) is 5.75 Å². The summed E-state index contributed by atoms with van der Waals surface area (Å²) >= 11 is 0. The maximum absolute atomic E-state index is 5.33. The van der Waals surface area contributed by atoms with Gasteiger partial charge in [-0.25, -0.2) is 0 Å². The Labute approximate surface area is 184 Å². The molecule has 0 bridgehead atoms. The summed E-state index contributed by atoms with van der Waals surface area (Å²) in [6.45, 7) is 12.6. The van der Waals surface area contributed by atoms with E-state index < -0.39 is 0 Å². The van der Waals surface area contributed by atoms with Crippen molar-refractivity contribution in [2.24, 2.45) is 4.99 Å². The minimum atomic E-state index is 0.313. The van der Waals surface area contributed by atoms with Crippen molar-refractivity contribution < 1.29 is 4.74 Å². The van der Waals surface area contributed by atoms with Crippen LogP contribution in [-0.4, -0.2) is 75.2 Å². The first kappa shape index (κ1) is 24.5. The molecule has 6 heteroatoms. The second-order valence-electron chi connectivity index (χ2n) is 8.46. The first-order valence-electron chi connectivity index (χ1n) is 11.7. The summed E-state index contributed by atoms with van der Waals surface area (Å²) in [6.07, 6.45) is 4.90. The number of methoxy groups -OCH3 is 1. The van der Waals surface area contributed by atoms with Crippen molar-refractivity contribution in [2.75, 3.05) is 53.4 Å². The number of aliphatic imine (C=N–C) groups is 1. The minimum absolute atomic E-state index is 0.313. The van der Waals surface area contributed by atoms with Gasteiger partial charge in [0, 0.05) is 19.1 Å². The fourth-order valence-corrected chi connectivity index (χ4v) is 3.78. The Morgan fingerprint density at radius 2 is 1.83 bits per heavy atom. The van der Waals surface area contributed by atoms with Crippen molar-refractivity contribution in [1.29, 1.82) is 0 Å². The van der Waals surface area contributed by atoms with Crippen LogP contribution >= 0.6 is 0 Å². The predicted molar refractivity (Wildman–Crippen MR) is 128 cm³/mol. The molecule has 6 nitrogen and oxygen atoms in total. The van der Waals surface area contributed by atoms with Crippen molar-refractivity contribution in [3.05, 3.63) is 29.8 Å². The number of hydrogen-bond donors (Lipinski definition) is 2. The number of unbranched alkanes of at least 4 members (excludes halogenated alkanes) is 1. The molecule has 1 aliphatic heterocycles. The average Bonchev–Trinajstić information content (AvgIpc) is 3.28. The zero-order chi connectivity index (χ0) is 21.8. The van der Waals surface area contributed by atoms with Gasteiger partial charge in [-0.3, -0.25) is 9.89 Å². The molecule has 1 atom stereocenters. The Morgan fingerprint density at radius 3 is 2.43 bits per heavy atom. The lowest BCUT2D eigenvalue weighted by atomic mass is 10.1. The summed E-state index contributed by atoms with van der Waals surface area (Å²) < 4.78 is 5.33. The summed E-state index contributed by atoms with van der Waals surface area (Å²) in [5.41, 5.74) is 1.31. The second-order valence-corrected chi connectivity index (χ2v) is 8.46. The highest BCUT2D eigenvalue weighted by Gasteiger charge is 2.23. The fourth-order valence-electron chi connectivity index (χ4n) is 3.78. The normalized spacial score (nSPS) is 16.3. The Kier molecular flexibility index (Phi) is 11.0. The standard InChI is InChI=1S/C24H43N5O/c1-6-25-24(26-15-7-8-16-28(4)20(2)3)27-19-23(29-17-9-10-18-29)21-11-13-22(30-5)14-12-21/h11-14,20,23H,6-10,15-19H2,1-5H3,(H2,25,26,27). The van der Waals surface area contributed by atoms with E-state index >= 15 is 0 Å². The van der Waals surface area contributed by atoms with E-state index in [4.69, 9.17) is 9.73 Å². The molecule has 2 N–H and O–H groups in total. The topological polar surface area (TPSA) is 52.1 Å². The van der Waals surface area contributed by atoms with Crippen LogP contribution in [0.15, 0.2) is 29.3 Å². The molecule has 2 rings (SSSR count). The third-order valence-electron chi connectivity index (χ3n) is 5.96. The molecule has 1 aromatic carbocycles. The fraction of sp³-hybridized carbons (Fsp3) is 0.708. The minimum Gasteiger partial charge on any atom is -0.497 e. The third kappa shape index (κ3) is 8.15. The number of benzene rings is 1. The Morgan fingerprint density at radius 1 is 1.13 bits per heavy atom. The van der Waals surface area contributed by atoms with Gasteiger partial charge in [-0.2, -0.15) is 0 Å². The Hall–Kier alpha value is -1.79. The van der Waals surface area contributed by atoms with Crippen LogP contribution in [0.25, 0.3) is 0 Å². The van der Waals surface area contributed by atoms with Crippen LogP contribution in [0.3, 0.4) is 0 Å². The average molecular weight is 418 g/mol. The molecule has 0 aromatic heterocycles. The van der Waals surface area contributed by atoms with Crippen molar-refractivity contribution in [1.82, 2.24) is 20.4 Å². The van der Waals surface area contributed by atoms with Crippen LogP contribution in [0.4, 0.5) is 0 Å². The lowest BCUT2D eigenvalue weighted by molar-refractivity contribution is 0.251. The predicted octanol–water partition coefficient (Wildman–Crippen LogP) is 3.51. The molecular weight excluding hydrogens is 374 g/mol. The van der Waals surface area contributed by atoms with Crippen LogP contribution in [0, 0.1) is 0 Å². The molecule has 170 valence electrons. The molecule has 1 saturated heterocycles. The highest BCUT2D eigenvalue weighted by atomic mass is 16.5. The van der Waals surface area contributed by atoms with Crippen LogP contribution < -0.4 is 15.4 Å². The Balaban J connectivity index is 1.93. The third-order valence-corrected chi connectivity index (χ3v) is 5.96. The number of nitrogens with one attached hydrogen (secondary N) is 2. The van der Waals surface area contributed by atoms with Crippen molar-refractivity contribution in [3.8, 4) is 5.75 Å². The second kappa shape index (κ2) is 13.5. The number of hydrogen-bond acceptors (Lipinski definition) is 4. The summed E-state index contributed by atoms with van der Waals surface area (Å²) in [5.74, 6) is 1.83. The lowest BCUT2D eigenvalue weighted by Crippen LogP contribution is -2.39. The van der Waals surface area contributed by atoms with E-state index in [9.17, 15) is 0 Å². The van der Waals surface area contributed by atoms with Gasteiger partial charge in [0.1, 0.15) is 5.75 Å². The monoisotopic (exact) mass is 417 g/mol. The van der Waals surface area contributed by atoms with Crippen LogP contribution in [0.1, 0.15) is 58.1 Å². The summed E-state index contributed by atoms with van der Waals surface area (Å²) in [5, 5.41) is 6.93. The van der Waals surface area contributed by atoms with Gasteiger partial charge in [-0.1, -0.05) is 12.1 Å². The summed E-state index contributed by atoms with van der Waals surface area (Å²) in [4.78, 5) is 9.91. The highest BCUT2D eigenvalue weighted by molar-refractivity contribution is 5.79. The molecule has 1 aliphatic rings. The SMILES string of the molecule is CCNC(=NCC(c1ccc(OC)cc1)N1CCCC1)NCCCCN(C)C(C)C. The number of nitrogens with zero attached hydrogens (tertiary/aromatic N) is 3. The number of guanidine groups is 1. The van der Waals surface area contributed by atoms with Gasteiger partial charge >= 0.3 is 0 Å². The Bertz CT molecular complexity index is 611. The molecule has 0 aliphatic carbocycles. The van der Waals surface area contributed by atoms with Gasteiger partial charge in [0.25, 0.3) is 0 Å². The largest absolute Gasteiger partial charge is 0.497 e. The summed E-state index contributed by atoms with van der Waals surface area (Å²) in [6, 6.07) is 9.40. The van der Waals surface area contributed by atoms with Crippen molar-refractivity contribution in [3.63, 3.8) is 0 Å². The van der Waals surface area contributed by atoms with E-state index in [0.29, 0.717) is 12.1 Å². The van der Waals surface area contributed by atoms with Crippen molar-refractivity contribution >= 4 is 5.96 Å². The van der Waals surface area contributed by atoms with E-state index in [1.807, 2.05) is 0 Å². The van der Waals surface area contributed by atoms with E-state index in [2.05, 4.69) is 72.5 Å². The summed E-state index contributed by atoms with van der Waals surface area (Å²) in [7, 11) is 3.91. The lowest BCUT2D eigenvalue weighted by Gasteiger charge is -2.27. The van der Waals surface area contributed by atoms with Gasteiger partial charge in [0.15, 0.2) is 5.96 Å². The van der Waals surface area contributed by atoms with Gasteiger partial charge < -0.3 is 20.3 Å². The van der Waals surface area contributed by atoms with Gasteiger partial charge in [0.2, 0.25) is 0 Å². The molecule has 0 spiro atoms. The van der Waals surface area contributed by atoms with Crippen LogP contribution in [0.2, 0.25) is 0 Å². The maximum atomic E-state index is 5.33. The molecule has 30 heavy (non-hydrogen) atoms. The van der Waals surface area contributed by atoms with Gasteiger partial charge in [-0.15, -0.1) is 0 Å². The van der Waals surface area contributed by atoms with E-state index in [1.165, 1.54) is 24.8 Å². The van der Waals surface area contributed by atoms with E-state index in [-0.39, 0.29) is 0 Å². The molecule has 0 saturated carbocycles. The maximum Gasteiger partial charge on any atom is 0.191 e. The number of likely N-dealkylation sites (tertiary alicyclic amines) is 1. The smallest absolute Gasteiger partial charge is 0.191 e. The first-order chi connectivity index (χ1) is 14.5. The molecule has 1 fully saturated rings. The highest BCUT2D eigenvalue weighted by Crippen LogP contribution is 2.27. The van der Waals surface area contributed by atoms with E-state index in [0.717, 1.165) is 57.4 Å². The zero-order valence-corrected chi connectivity index (χ0v) is 19.8. The first-order valence-corrected chi connectivity index (χ1v) is 11.7. The number of rotatable bonds is 12. The number of ether oxygens (including phenoxy) is 1. The molecule has 0 radical (unpaired) electrons. The molecule has 1 aromatic rings. The van der Waals surface area contributed by atoms with Crippen molar-refractivity contribution in [2.45, 2.75) is 58.5 Å². The van der Waals surface area contributed by atoms with Crippen LogP contribution in [-0.2, 0) is 0 Å².